The molecule has 0 aromatic rings. The van der Waals surface area contributed by atoms with E-state index in [0.717, 1.165) is 13.1 Å². The molecule has 1 saturated heterocycles. The van der Waals surface area contributed by atoms with Gasteiger partial charge in [0.15, 0.2) is 0 Å². The molecular weight excluding hydrogens is 208 g/mol. The largest absolute Gasteiger partial charge is 0.380 e. The van der Waals surface area contributed by atoms with Crippen LogP contribution in [0.4, 0.5) is 0 Å². The second-order valence-corrected chi connectivity index (χ2v) is 5.15. The number of piperidine rings is 1. The Balaban J connectivity index is 2.37. The van der Waals surface area contributed by atoms with Crippen LogP contribution in [-0.4, -0.2) is 55.8 Å². The van der Waals surface area contributed by atoms with Gasteiger partial charge < -0.3 is 10.5 Å². The van der Waals surface area contributed by atoms with Crippen LogP contribution in [0.25, 0.3) is 0 Å². The Morgan fingerprint density at radius 3 is 3.00 bits per heavy atom. The third-order valence-electron chi connectivity index (χ3n) is 3.19. The lowest BCUT2D eigenvalue weighted by atomic mass is 10.0. The zero-order valence-electron chi connectivity index (χ0n) is 9.95. The van der Waals surface area contributed by atoms with Gasteiger partial charge in [0.05, 0.1) is 6.10 Å². The van der Waals surface area contributed by atoms with Gasteiger partial charge in [-0.1, -0.05) is 0 Å². The first-order valence-corrected chi connectivity index (χ1v) is 7.17. The third kappa shape index (κ3) is 4.31. The number of methoxy groups -OCH3 is 1. The van der Waals surface area contributed by atoms with Gasteiger partial charge in [-0.2, -0.15) is 11.8 Å². The molecule has 0 spiro atoms. The second-order valence-electron chi connectivity index (χ2n) is 4.17. The smallest absolute Gasteiger partial charge is 0.0698 e. The Bertz CT molecular complexity index is 169. The molecule has 0 saturated carbocycles. The number of nitrogens with two attached hydrogens (primary N) is 1. The van der Waals surface area contributed by atoms with Gasteiger partial charge in [-0.3, -0.25) is 4.90 Å². The number of hydrogen-bond donors (Lipinski definition) is 1. The van der Waals surface area contributed by atoms with Crippen molar-refractivity contribution in [3.63, 3.8) is 0 Å². The number of hydrogen-bond acceptors (Lipinski definition) is 4. The van der Waals surface area contributed by atoms with Crippen molar-refractivity contribution < 1.29 is 4.74 Å². The van der Waals surface area contributed by atoms with Crippen LogP contribution in [-0.2, 0) is 4.74 Å². The van der Waals surface area contributed by atoms with E-state index in [-0.39, 0.29) is 0 Å². The lowest BCUT2D eigenvalue weighted by Crippen LogP contribution is -2.48. The Labute approximate surface area is 97.7 Å². The molecule has 4 heteroatoms. The summed E-state index contributed by atoms with van der Waals surface area (Å²) in [7, 11) is 1.81. The van der Waals surface area contributed by atoms with E-state index in [9.17, 15) is 0 Å². The fraction of sp³-hybridized carbons (Fsp3) is 1.00. The van der Waals surface area contributed by atoms with Crippen LogP contribution in [0.3, 0.4) is 0 Å². The van der Waals surface area contributed by atoms with Gasteiger partial charge in [0.25, 0.3) is 0 Å². The molecule has 1 aliphatic rings. The van der Waals surface area contributed by atoms with Crippen molar-refractivity contribution in [3.05, 3.63) is 0 Å². The predicted molar refractivity (Wildman–Crippen MR) is 67.4 cm³/mol. The number of thioether (sulfide) groups is 1. The van der Waals surface area contributed by atoms with Gasteiger partial charge in [0, 0.05) is 26.2 Å². The monoisotopic (exact) mass is 232 g/mol. The van der Waals surface area contributed by atoms with E-state index in [1.54, 1.807) is 0 Å². The summed E-state index contributed by atoms with van der Waals surface area (Å²) in [5.74, 6) is 1.20. The highest BCUT2D eigenvalue weighted by Crippen LogP contribution is 2.17. The molecular formula is C11H24N2OS. The fourth-order valence-corrected chi connectivity index (χ4v) is 2.70. The minimum absolute atomic E-state index is 0.419. The van der Waals surface area contributed by atoms with Crippen molar-refractivity contribution in [2.75, 3.05) is 38.8 Å². The molecule has 1 aliphatic heterocycles. The van der Waals surface area contributed by atoms with Gasteiger partial charge in [-0.05, 0) is 37.8 Å². The predicted octanol–water partition coefficient (Wildman–Crippen LogP) is 1.18. The van der Waals surface area contributed by atoms with Gasteiger partial charge in [-0.15, -0.1) is 0 Å². The SMILES string of the molecule is COC1CCCN(C(CN)CCSC)C1. The van der Waals surface area contributed by atoms with Crippen LogP contribution in [0.2, 0.25) is 0 Å². The Kier molecular flexibility index (Phi) is 6.64. The van der Waals surface area contributed by atoms with E-state index in [1.165, 1.54) is 31.6 Å². The molecule has 1 fully saturated rings. The van der Waals surface area contributed by atoms with Crippen molar-refractivity contribution in [2.24, 2.45) is 5.73 Å². The van der Waals surface area contributed by atoms with E-state index < -0.39 is 0 Å². The highest BCUT2D eigenvalue weighted by Gasteiger charge is 2.24. The summed E-state index contributed by atoms with van der Waals surface area (Å²) in [6.07, 6.45) is 6.22. The standard InChI is InChI=1S/C11H24N2OS/c1-14-11-4-3-6-13(9-11)10(8-12)5-7-15-2/h10-11H,3-9,12H2,1-2H3. The normalized spacial score (nSPS) is 25.4. The summed E-state index contributed by atoms with van der Waals surface area (Å²) in [5.41, 5.74) is 5.84. The van der Waals surface area contributed by atoms with E-state index in [4.69, 9.17) is 10.5 Å². The number of nitrogens with zero attached hydrogens (tertiary/aromatic N) is 1. The summed E-state index contributed by atoms with van der Waals surface area (Å²) in [4.78, 5) is 2.51. The minimum atomic E-state index is 0.419. The van der Waals surface area contributed by atoms with Crippen LogP contribution >= 0.6 is 11.8 Å². The van der Waals surface area contributed by atoms with Gasteiger partial charge in [0.2, 0.25) is 0 Å². The lowest BCUT2D eigenvalue weighted by Gasteiger charge is -2.37. The third-order valence-corrected chi connectivity index (χ3v) is 3.83. The van der Waals surface area contributed by atoms with E-state index in [0.29, 0.717) is 12.1 Å². The molecule has 1 heterocycles. The van der Waals surface area contributed by atoms with E-state index in [1.807, 2.05) is 18.9 Å². The Morgan fingerprint density at radius 2 is 2.40 bits per heavy atom. The van der Waals surface area contributed by atoms with Crippen molar-refractivity contribution in [3.8, 4) is 0 Å². The lowest BCUT2D eigenvalue weighted by molar-refractivity contribution is 0.0155. The van der Waals surface area contributed by atoms with Crippen LogP contribution in [0, 0.1) is 0 Å². The summed E-state index contributed by atoms with van der Waals surface area (Å²) < 4.78 is 5.43. The molecule has 2 N–H and O–H groups in total. The average Bonchev–Trinajstić information content (AvgIpc) is 2.30. The molecule has 0 aliphatic carbocycles. The van der Waals surface area contributed by atoms with Crippen molar-refractivity contribution >= 4 is 11.8 Å². The number of rotatable bonds is 6. The van der Waals surface area contributed by atoms with Crippen LogP contribution in [0.5, 0.6) is 0 Å². The molecule has 15 heavy (non-hydrogen) atoms. The Morgan fingerprint density at radius 1 is 1.60 bits per heavy atom. The zero-order chi connectivity index (χ0) is 11.1. The molecule has 1 rings (SSSR count). The zero-order valence-corrected chi connectivity index (χ0v) is 10.8. The topological polar surface area (TPSA) is 38.5 Å². The minimum Gasteiger partial charge on any atom is -0.380 e. The number of likely N-dealkylation sites (tertiary alicyclic amines) is 1. The second kappa shape index (κ2) is 7.49. The first kappa shape index (κ1) is 13.3. The van der Waals surface area contributed by atoms with E-state index >= 15 is 0 Å². The summed E-state index contributed by atoms with van der Waals surface area (Å²) in [6.45, 7) is 3.03. The maximum atomic E-state index is 5.84. The first-order valence-electron chi connectivity index (χ1n) is 5.77. The molecule has 0 radical (unpaired) electrons. The molecule has 0 bridgehead atoms. The van der Waals surface area contributed by atoms with Crippen LogP contribution < -0.4 is 5.73 Å². The van der Waals surface area contributed by atoms with Crippen LogP contribution in [0.15, 0.2) is 0 Å². The molecule has 0 aromatic heterocycles. The molecule has 3 nitrogen and oxygen atoms in total. The summed E-state index contributed by atoms with van der Waals surface area (Å²) in [6, 6.07) is 0.551. The van der Waals surface area contributed by atoms with Crippen LogP contribution in [0.1, 0.15) is 19.3 Å². The first-order chi connectivity index (χ1) is 7.31. The molecule has 2 atom stereocenters. The molecule has 0 aromatic carbocycles. The molecule has 0 amide bonds. The maximum absolute atomic E-state index is 5.84. The van der Waals surface area contributed by atoms with Crippen molar-refractivity contribution in [1.82, 2.24) is 4.90 Å². The number of ether oxygens (including phenoxy) is 1. The van der Waals surface area contributed by atoms with Crippen molar-refractivity contribution in [1.29, 1.82) is 0 Å². The maximum Gasteiger partial charge on any atom is 0.0698 e. The van der Waals surface area contributed by atoms with Gasteiger partial charge >= 0.3 is 0 Å². The fourth-order valence-electron chi connectivity index (χ4n) is 2.19. The van der Waals surface area contributed by atoms with Gasteiger partial charge in [-0.25, -0.2) is 0 Å². The van der Waals surface area contributed by atoms with E-state index in [2.05, 4.69) is 11.2 Å². The quantitative estimate of drug-likeness (QED) is 0.746. The summed E-state index contributed by atoms with van der Waals surface area (Å²) in [5, 5.41) is 0. The molecule has 2 unspecified atom stereocenters. The highest BCUT2D eigenvalue weighted by molar-refractivity contribution is 7.98. The molecule has 90 valence electrons. The average molecular weight is 232 g/mol. The van der Waals surface area contributed by atoms with Gasteiger partial charge in [0.1, 0.15) is 0 Å². The Hall–Kier alpha value is 0.230. The summed E-state index contributed by atoms with van der Waals surface area (Å²) >= 11 is 1.90. The highest BCUT2D eigenvalue weighted by atomic mass is 32.2. The van der Waals surface area contributed by atoms with Crippen molar-refractivity contribution in [2.45, 2.75) is 31.4 Å².